The highest BCUT2D eigenvalue weighted by molar-refractivity contribution is 6.03. The molecule has 0 radical (unpaired) electrons. The minimum absolute atomic E-state index is 0.137. The number of urea groups is 1. The molecule has 8 nitrogen and oxygen atoms in total. The lowest BCUT2D eigenvalue weighted by atomic mass is 10.2. The molecule has 0 saturated carbocycles. The van der Waals surface area contributed by atoms with Crippen molar-refractivity contribution in [1.82, 2.24) is 5.32 Å². The lowest BCUT2D eigenvalue weighted by Crippen LogP contribution is -2.21. The molecule has 1 aliphatic heterocycles. The van der Waals surface area contributed by atoms with Gasteiger partial charge >= 0.3 is 6.03 Å². The number of amides is 2. The van der Waals surface area contributed by atoms with Gasteiger partial charge in [-0.25, -0.2) is 4.79 Å². The highest BCUT2D eigenvalue weighted by Crippen LogP contribution is 2.23. The van der Waals surface area contributed by atoms with Gasteiger partial charge in [-0.2, -0.15) is 0 Å². The monoisotopic (exact) mass is 325 g/mol. The van der Waals surface area contributed by atoms with E-state index in [1.165, 1.54) is 12.1 Å². The first-order valence-corrected chi connectivity index (χ1v) is 7.33. The molecule has 0 saturated heterocycles. The fourth-order valence-corrected chi connectivity index (χ4v) is 2.36. The van der Waals surface area contributed by atoms with E-state index in [-0.39, 0.29) is 11.4 Å². The first-order valence-electron chi connectivity index (χ1n) is 7.33. The Morgan fingerprint density at radius 1 is 1.17 bits per heavy atom. The summed E-state index contributed by atoms with van der Waals surface area (Å²) in [5.41, 5.74) is 1.42. The summed E-state index contributed by atoms with van der Waals surface area (Å²) in [5, 5.41) is 19.3. The molecule has 0 aliphatic carbocycles. The number of aliphatic imine (C=N–C) groups is 1. The zero-order valence-corrected chi connectivity index (χ0v) is 12.7. The van der Waals surface area contributed by atoms with Gasteiger partial charge in [0.25, 0.3) is 5.69 Å². The van der Waals surface area contributed by atoms with Crippen molar-refractivity contribution in [1.29, 1.82) is 0 Å². The molecule has 0 bridgehead atoms. The average molecular weight is 325 g/mol. The molecule has 3 N–H and O–H groups in total. The summed E-state index contributed by atoms with van der Waals surface area (Å²) in [6.07, 6.45) is 0. The molecule has 1 heterocycles. The summed E-state index contributed by atoms with van der Waals surface area (Å²) < 4.78 is 0. The normalized spacial score (nSPS) is 12.9. The number of nitrogens with zero attached hydrogens (tertiary/aromatic N) is 2. The Bertz CT molecular complexity index is 819. The second-order valence-corrected chi connectivity index (χ2v) is 5.09. The van der Waals surface area contributed by atoms with E-state index in [9.17, 15) is 14.9 Å². The largest absolute Gasteiger partial charge is 0.368 e. The number of para-hydroxylation sites is 2. The van der Waals surface area contributed by atoms with E-state index in [2.05, 4.69) is 20.9 Å². The fourth-order valence-electron chi connectivity index (χ4n) is 2.36. The van der Waals surface area contributed by atoms with Crippen molar-refractivity contribution >= 4 is 28.9 Å². The Kier molecular flexibility index (Phi) is 4.37. The van der Waals surface area contributed by atoms with E-state index in [0.717, 1.165) is 24.5 Å². The zero-order valence-electron chi connectivity index (χ0n) is 12.7. The summed E-state index contributed by atoms with van der Waals surface area (Å²) >= 11 is 0. The number of nitrogens with one attached hydrogen (secondary N) is 3. The fraction of sp³-hybridized carbons (Fsp3) is 0.125. The van der Waals surface area contributed by atoms with Crippen LogP contribution in [0.25, 0.3) is 0 Å². The molecule has 3 rings (SSSR count). The van der Waals surface area contributed by atoms with Crippen LogP contribution >= 0.6 is 0 Å². The highest BCUT2D eigenvalue weighted by atomic mass is 16.6. The Morgan fingerprint density at radius 2 is 2.00 bits per heavy atom. The molecule has 0 unspecified atom stereocenters. The average Bonchev–Trinajstić information content (AvgIpc) is 3.10. The molecule has 0 spiro atoms. The lowest BCUT2D eigenvalue weighted by Gasteiger charge is -2.09. The standard InChI is InChI=1S/C16H15N5O3/c22-16(20-13-6-1-2-7-14(13)21(23)24)19-12-5-3-4-11(10-12)15-17-8-9-18-15/h1-7,10H,8-9H2,(H,17,18)(H2,19,20,22). The lowest BCUT2D eigenvalue weighted by molar-refractivity contribution is -0.383. The van der Waals surface area contributed by atoms with Gasteiger partial charge in [0, 0.05) is 23.9 Å². The predicted molar refractivity (Wildman–Crippen MR) is 91.6 cm³/mol. The van der Waals surface area contributed by atoms with Crippen molar-refractivity contribution in [2.75, 3.05) is 23.7 Å². The molecule has 2 aromatic carbocycles. The Labute approximate surface area is 137 Å². The number of hydrogen-bond donors (Lipinski definition) is 3. The van der Waals surface area contributed by atoms with Gasteiger partial charge in [-0.05, 0) is 18.2 Å². The van der Waals surface area contributed by atoms with Crippen LogP contribution in [0.15, 0.2) is 53.5 Å². The number of carbonyl (C=O) groups excluding carboxylic acids is 1. The molecule has 8 heteroatoms. The SMILES string of the molecule is O=C(Nc1cccc(C2=NCCN2)c1)Nc1ccccc1[N+](=O)[O-]. The zero-order chi connectivity index (χ0) is 16.9. The summed E-state index contributed by atoms with van der Waals surface area (Å²) in [7, 11) is 0. The first kappa shape index (κ1) is 15.5. The molecule has 0 atom stereocenters. The van der Waals surface area contributed by atoms with Gasteiger partial charge in [0.15, 0.2) is 0 Å². The van der Waals surface area contributed by atoms with Crippen LogP contribution in [0.3, 0.4) is 0 Å². The topological polar surface area (TPSA) is 109 Å². The number of nitro groups is 1. The van der Waals surface area contributed by atoms with Gasteiger partial charge in [0.05, 0.1) is 11.5 Å². The molecule has 0 fully saturated rings. The van der Waals surface area contributed by atoms with E-state index >= 15 is 0 Å². The van der Waals surface area contributed by atoms with E-state index in [1.807, 2.05) is 6.07 Å². The van der Waals surface area contributed by atoms with Gasteiger partial charge < -0.3 is 16.0 Å². The molecule has 122 valence electrons. The van der Waals surface area contributed by atoms with Crippen molar-refractivity contribution in [2.45, 2.75) is 0 Å². The maximum absolute atomic E-state index is 12.1. The number of benzene rings is 2. The van der Waals surface area contributed by atoms with Crippen molar-refractivity contribution in [3.05, 3.63) is 64.2 Å². The number of nitro benzene ring substituents is 1. The Hall–Kier alpha value is -3.42. The molecule has 2 amide bonds. The molecule has 1 aliphatic rings. The Balaban J connectivity index is 1.72. The van der Waals surface area contributed by atoms with Crippen LogP contribution in [0.2, 0.25) is 0 Å². The van der Waals surface area contributed by atoms with Crippen molar-refractivity contribution < 1.29 is 9.72 Å². The number of anilines is 2. The molecule has 0 aromatic heterocycles. The Morgan fingerprint density at radius 3 is 2.75 bits per heavy atom. The van der Waals surface area contributed by atoms with Crippen molar-refractivity contribution in [3.63, 3.8) is 0 Å². The molecular weight excluding hydrogens is 310 g/mol. The number of amidine groups is 1. The van der Waals surface area contributed by atoms with Gasteiger partial charge in [0.1, 0.15) is 11.5 Å². The van der Waals surface area contributed by atoms with E-state index < -0.39 is 11.0 Å². The predicted octanol–water partition coefficient (Wildman–Crippen LogP) is 2.59. The van der Waals surface area contributed by atoms with Crippen LogP contribution in [0.1, 0.15) is 5.56 Å². The van der Waals surface area contributed by atoms with Crippen molar-refractivity contribution in [2.24, 2.45) is 4.99 Å². The molecule has 2 aromatic rings. The second kappa shape index (κ2) is 6.78. The third-order valence-electron chi connectivity index (χ3n) is 3.42. The van der Waals surface area contributed by atoms with Crippen molar-refractivity contribution in [3.8, 4) is 0 Å². The van der Waals surface area contributed by atoms with Crippen LogP contribution in [0, 0.1) is 10.1 Å². The van der Waals surface area contributed by atoms with Crippen LogP contribution in [-0.2, 0) is 0 Å². The molecular formula is C16H15N5O3. The second-order valence-electron chi connectivity index (χ2n) is 5.09. The summed E-state index contributed by atoms with van der Waals surface area (Å²) in [4.78, 5) is 26.9. The number of rotatable bonds is 4. The maximum Gasteiger partial charge on any atom is 0.323 e. The van der Waals surface area contributed by atoms with Gasteiger partial charge in [-0.15, -0.1) is 0 Å². The van der Waals surface area contributed by atoms with E-state index in [0.29, 0.717) is 5.69 Å². The van der Waals surface area contributed by atoms with Gasteiger partial charge in [0.2, 0.25) is 0 Å². The van der Waals surface area contributed by atoms with Crippen LogP contribution < -0.4 is 16.0 Å². The third-order valence-corrected chi connectivity index (χ3v) is 3.42. The number of hydrogen-bond acceptors (Lipinski definition) is 5. The number of carbonyl (C=O) groups is 1. The summed E-state index contributed by atoms with van der Waals surface area (Å²) in [5.74, 6) is 0.790. The van der Waals surface area contributed by atoms with Gasteiger partial charge in [-0.1, -0.05) is 24.3 Å². The summed E-state index contributed by atoms with van der Waals surface area (Å²) in [6, 6.07) is 12.6. The minimum atomic E-state index is -0.553. The summed E-state index contributed by atoms with van der Waals surface area (Å²) in [6.45, 7) is 1.52. The first-order chi connectivity index (χ1) is 11.6. The van der Waals surface area contributed by atoms with E-state index in [4.69, 9.17) is 0 Å². The van der Waals surface area contributed by atoms with Gasteiger partial charge in [-0.3, -0.25) is 15.1 Å². The third kappa shape index (κ3) is 3.49. The molecule has 24 heavy (non-hydrogen) atoms. The van der Waals surface area contributed by atoms with Crippen LogP contribution in [0.5, 0.6) is 0 Å². The highest BCUT2D eigenvalue weighted by Gasteiger charge is 2.15. The van der Waals surface area contributed by atoms with Crippen LogP contribution in [-0.4, -0.2) is 29.9 Å². The minimum Gasteiger partial charge on any atom is -0.368 e. The maximum atomic E-state index is 12.1. The van der Waals surface area contributed by atoms with Crippen LogP contribution in [0.4, 0.5) is 21.9 Å². The van der Waals surface area contributed by atoms with E-state index in [1.54, 1.807) is 30.3 Å². The smallest absolute Gasteiger partial charge is 0.323 e. The quantitative estimate of drug-likeness (QED) is 0.593.